The van der Waals surface area contributed by atoms with Gasteiger partial charge in [0.25, 0.3) is 10.1 Å². The van der Waals surface area contributed by atoms with Crippen LogP contribution in [0.25, 0.3) is 0 Å². The molecule has 0 amide bonds. The van der Waals surface area contributed by atoms with Crippen LogP contribution in [0.5, 0.6) is 0 Å². The Morgan fingerprint density at radius 2 is 2.00 bits per heavy atom. The molecule has 1 heterocycles. The van der Waals surface area contributed by atoms with Crippen molar-refractivity contribution in [3.8, 4) is 0 Å². The van der Waals surface area contributed by atoms with Crippen LogP contribution in [0.1, 0.15) is 31.5 Å². The zero-order valence-electron chi connectivity index (χ0n) is 11.2. The summed E-state index contributed by atoms with van der Waals surface area (Å²) < 4.78 is 27.1. The van der Waals surface area contributed by atoms with Crippen molar-refractivity contribution >= 4 is 15.9 Å². The van der Waals surface area contributed by atoms with Crippen LogP contribution in [0.3, 0.4) is 0 Å². The lowest BCUT2D eigenvalue weighted by Crippen LogP contribution is -2.31. The summed E-state index contributed by atoms with van der Waals surface area (Å²) >= 11 is 0. The fraction of sp³-hybridized carbons (Fsp3) is 0.667. The molecular weight excluding hydrogens is 266 g/mol. The van der Waals surface area contributed by atoms with Crippen LogP contribution in [-0.4, -0.2) is 36.8 Å². The van der Waals surface area contributed by atoms with E-state index in [2.05, 4.69) is 15.3 Å². The average Bonchev–Trinajstić information content (AvgIpc) is 2.30. The molecule has 19 heavy (non-hydrogen) atoms. The highest BCUT2D eigenvalue weighted by Crippen LogP contribution is 2.24. The molecule has 1 saturated carbocycles. The molecule has 0 bridgehead atoms. The molecule has 1 aliphatic rings. The Hall–Kier alpha value is -1.21. The number of nitrogens with one attached hydrogen (secondary N) is 1. The van der Waals surface area contributed by atoms with E-state index in [4.69, 9.17) is 4.18 Å². The molecule has 6 nitrogen and oxygen atoms in total. The summed E-state index contributed by atoms with van der Waals surface area (Å²) in [4.78, 5) is 8.34. The molecule has 1 aromatic heterocycles. The molecular formula is C12H19N3O3S. The Morgan fingerprint density at radius 3 is 2.58 bits per heavy atom. The van der Waals surface area contributed by atoms with Crippen LogP contribution in [-0.2, 0) is 14.3 Å². The lowest BCUT2D eigenvalue weighted by Gasteiger charge is -2.28. The van der Waals surface area contributed by atoms with E-state index in [9.17, 15) is 8.42 Å². The number of aromatic nitrogens is 2. The molecule has 0 saturated heterocycles. The van der Waals surface area contributed by atoms with E-state index in [0.29, 0.717) is 6.04 Å². The van der Waals surface area contributed by atoms with Gasteiger partial charge in [-0.3, -0.25) is 4.18 Å². The molecule has 0 unspecified atom stereocenters. The van der Waals surface area contributed by atoms with Gasteiger partial charge in [0.2, 0.25) is 0 Å². The first kappa shape index (κ1) is 14.2. The number of aryl methyl sites for hydroxylation is 1. The third-order valence-electron chi connectivity index (χ3n) is 3.11. The minimum absolute atomic E-state index is 0.180. The van der Waals surface area contributed by atoms with E-state index in [-0.39, 0.29) is 6.10 Å². The second kappa shape index (κ2) is 5.83. The lowest BCUT2D eigenvalue weighted by atomic mass is 9.93. The minimum Gasteiger partial charge on any atom is -0.367 e. The SMILES string of the molecule is Cc1nccc(N[C@H]2CC[C@H](OS(C)(=O)=O)CC2)n1. The maximum Gasteiger partial charge on any atom is 0.264 e. The van der Waals surface area contributed by atoms with E-state index in [1.54, 1.807) is 6.20 Å². The van der Waals surface area contributed by atoms with Crippen molar-refractivity contribution in [2.75, 3.05) is 11.6 Å². The number of anilines is 1. The molecule has 1 N–H and O–H groups in total. The van der Waals surface area contributed by atoms with Gasteiger partial charge in [0.05, 0.1) is 12.4 Å². The number of nitrogens with zero attached hydrogens (tertiary/aromatic N) is 2. The van der Waals surface area contributed by atoms with Gasteiger partial charge < -0.3 is 5.32 Å². The third kappa shape index (κ3) is 4.76. The van der Waals surface area contributed by atoms with E-state index in [0.717, 1.165) is 43.6 Å². The van der Waals surface area contributed by atoms with E-state index in [1.807, 2.05) is 13.0 Å². The largest absolute Gasteiger partial charge is 0.367 e. The second-order valence-corrected chi connectivity index (χ2v) is 6.51. The van der Waals surface area contributed by atoms with E-state index >= 15 is 0 Å². The molecule has 0 radical (unpaired) electrons. The zero-order chi connectivity index (χ0) is 13.9. The van der Waals surface area contributed by atoms with Crippen molar-refractivity contribution in [1.82, 2.24) is 9.97 Å². The summed E-state index contributed by atoms with van der Waals surface area (Å²) in [5.74, 6) is 1.55. The molecule has 0 atom stereocenters. The molecule has 1 aromatic rings. The van der Waals surface area contributed by atoms with Gasteiger partial charge in [-0.1, -0.05) is 0 Å². The van der Waals surface area contributed by atoms with Crippen LogP contribution < -0.4 is 5.32 Å². The van der Waals surface area contributed by atoms with Gasteiger partial charge >= 0.3 is 0 Å². The van der Waals surface area contributed by atoms with Crippen LogP contribution in [0, 0.1) is 6.92 Å². The molecule has 0 aliphatic heterocycles. The number of rotatable bonds is 4. The van der Waals surface area contributed by atoms with Crippen molar-refractivity contribution in [2.45, 2.75) is 44.8 Å². The second-order valence-electron chi connectivity index (χ2n) is 4.91. The quantitative estimate of drug-likeness (QED) is 0.844. The topological polar surface area (TPSA) is 81.2 Å². The Kier molecular flexibility index (Phi) is 4.36. The zero-order valence-corrected chi connectivity index (χ0v) is 12.0. The van der Waals surface area contributed by atoms with Gasteiger partial charge in [0, 0.05) is 12.2 Å². The van der Waals surface area contributed by atoms with Crippen molar-refractivity contribution in [3.05, 3.63) is 18.1 Å². The fourth-order valence-electron chi connectivity index (χ4n) is 2.30. The maximum absolute atomic E-state index is 11.1. The summed E-state index contributed by atoms with van der Waals surface area (Å²) in [5.41, 5.74) is 0. The first-order chi connectivity index (χ1) is 8.92. The van der Waals surface area contributed by atoms with Gasteiger partial charge in [0.1, 0.15) is 11.6 Å². The van der Waals surface area contributed by atoms with Gasteiger partial charge in [-0.2, -0.15) is 8.42 Å². The van der Waals surface area contributed by atoms with Gasteiger partial charge in [-0.05, 0) is 38.7 Å². The summed E-state index contributed by atoms with van der Waals surface area (Å²) in [5, 5.41) is 3.35. The van der Waals surface area contributed by atoms with Gasteiger partial charge in [-0.25, -0.2) is 9.97 Å². The summed E-state index contributed by atoms with van der Waals surface area (Å²) in [7, 11) is -3.35. The smallest absolute Gasteiger partial charge is 0.264 e. The Labute approximate surface area is 113 Å². The summed E-state index contributed by atoms with van der Waals surface area (Å²) in [6, 6.07) is 2.15. The normalized spacial score (nSPS) is 24.1. The van der Waals surface area contributed by atoms with Crippen molar-refractivity contribution in [2.24, 2.45) is 0 Å². The van der Waals surface area contributed by atoms with Crippen LogP contribution in [0.15, 0.2) is 12.3 Å². The highest BCUT2D eigenvalue weighted by molar-refractivity contribution is 7.86. The van der Waals surface area contributed by atoms with Crippen molar-refractivity contribution in [1.29, 1.82) is 0 Å². The lowest BCUT2D eigenvalue weighted by molar-refractivity contribution is 0.158. The Morgan fingerprint density at radius 1 is 1.32 bits per heavy atom. The molecule has 106 valence electrons. The highest BCUT2D eigenvalue weighted by atomic mass is 32.2. The van der Waals surface area contributed by atoms with Gasteiger partial charge in [-0.15, -0.1) is 0 Å². The summed E-state index contributed by atoms with van der Waals surface area (Å²) in [6.45, 7) is 1.85. The number of hydrogen-bond donors (Lipinski definition) is 1. The van der Waals surface area contributed by atoms with E-state index < -0.39 is 10.1 Å². The first-order valence-corrected chi connectivity index (χ1v) is 8.18. The monoisotopic (exact) mass is 285 g/mol. The molecule has 1 fully saturated rings. The minimum atomic E-state index is -3.35. The Balaban J connectivity index is 1.84. The predicted octanol–water partition coefficient (Wildman–Crippen LogP) is 1.48. The molecule has 0 spiro atoms. The van der Waals surface area contributed by atoms with Gasteiger partial charge in [0.15, 0.2) is 0 Å². The van der Waals surface area contributed by atoms with Crippen LogP contribution in [0.4, 0.5) is 5.82 Å². The first-order valence-electron chi connectivity index (χ1n) is 6.37. The standard InChI is InChI=1S/C12H19N3O3S/c1-9-13-8-7-12(14-9)15-10-3-5-11(6-4-10)18-19(2,16)17/h7-8,10-11H,3-6H2,1-2H3,(H,13,14,15)/t10-,11-. The molecule has 0 aromatic carbocycles. The van der Waals surface area contributed by atoms with Crippen LogP contribution >= 0.6 is 0 Å². The average molecular weight is 285 g/mol. The number of hydrogen-bond acceptors (Lipinski definition) is 6. The molecule has 2 rings (SSSR count). The summed E-state index contributed by atoms with van der Waals surface area (Å²) in [6.07, 6.45) is 5.89. The highest BCUT2D eigenvalue weighted by Gasteiger charge is 2.24. The molecule has 7 heteroatoms. The van der Waals surface area contributed by atoms with E-state index in [1.165, 1.54) is 0 Å². The molecule has 1 aliphatic carbocycles. The van der Waals surface area contributed by atoms with Crippen molar-refractivity contribution in [3.63, 3.8) is 0 Å². The Bertz CT molecular complexity index is 525. The maximum atomic E-state index is 11.1. The van der Waals surface area contributed by atoms with Crippen LogP contribution in [0.2, 0.25) is 0 Å². The predicted molar refractivity (Wildman–Crippen MR) is 72.4 cm³/mol. The van der Waals surface area contributed by atoms with Crippen molar-refractivity contribution < 1.29 is 12.6 Å². The third-order valence-corrected chi connectivity index (χ3v) is 3.73. The fourth-order valence-corrected chi connectivity index (χ4v) is 2.98.